The summed E-state index contributed by atoms with van der Waals surface area (Å²) in [6.07, 6.45) is -1.11. The summed E-state index contributed by atoms with van der Waals surface area (Å²) >= 11 is 0. The Hall–Kier alpha value is -3.35. The zero-order chi connectivity index (χ0) is 24.2. The molecule has 0 spiro atoms. The number of carbonyl (C=O) groups is 3. The van der Waals surface area contributed by atoms with Crippen molar-refractivity contribution in [2.75, 3.05) is 31.6 Å². The molecule has 0 aliphatic carbocycles. The van der Waals surface area contributed by atoms with Gasteiger partial charge in [0.05, 0.1) is 12.2 Å². The van der Waals surface area contributed by atoms with Crippen molar-refractivity contribution >= 4 is 23.6 Å². The zero-order valence-corrected chi connectivity index (χ0v) is 20.1. The third-order valence-electron chi connectivity index (χ3n) is 5.86. The van der Waals surface area contributed by atoms with Crippen molar-refractivity contribution in [1.82, 2.24) is 10.2 Å². The average molecular weight is 452 g/mol. The highest BCUT2D eigenvalue weighted by molar-refractivity contribution is 5.97. The largest absolute Gasteiger partial charge is 0.439 e. The first-order valence-electron chi connectivity index (χ1n) is 11.3. The number of para-hydroxylation sites is 1. The number of hydrogen-bond acceptors (Lipinski definition) is 4. The Bertz CT molecular complexity index is 1010. The number of ether oxygens (including phenoxy) is 1. The fourth-order valence-electron chi connectivity index (χ4n) is 3.88. The Morgan fingerprint density at radius 3 is 2.39 bits per heavy atom. The first kappa shape index (κ1) is 24.3. The summed E-state index contributed by atoms with van der Waals surface area (Å²) in [5, 5.41) is 2.65. The van der Waals surface area contributed by atoms with Crippen molar-refractivity contribution < 1.29 is 19.1 Å². The molecule has 1 aliphatic rings. The van der Waals surface area contributed by atoms with Gasteiger partial charge in [0.2, 0.25) is 5.91 Å². The van der Waals surface area contributed by atoms with E-state index in [2.05, 4.69) is 26.1 Å². The smallest absolute Gasteiger partial charge is 0.407 e. The Morgan fingerprint density at radius 2 is 1.76 bits per heavy atom. The van der Waals surface area contributed by atoms with Gasteiger partial charge >= 0.3 is 6.09 Å². The third-order valence-corrected chi connectivity index (χ3v) is 5.86. The number of rotatable bonds is 3. The fourth-order valence-corrected chi connectivity index (χ4v) is 3.88. The molecule has 0 radical (unpaired) electrons. The van der Waals surface area contributed by atoms with E-state index in [1.165, 1.54) is 0 Å². The van der Waals surface area contributed by atoms with Gasteiger partial charge in [-0.1, -0.05) is 51.1 Å². The normalized spacial score (nSPS) is 16.9. The first-order valence-corrected chi connectivity index (χ1v) is 11.3. The van der Waals surface area contributed by atoms with Crippen molar-refractivity contribution in [1.29, 1.82) is 0 Å². The van der Waals surface area contributed by atoms with Crippen molar-refractivity contribution in [2.45, 2.75) is 45.6 Å². The van der Waals surface area contributed by atoms with Crippen LogP contribution < -0.4 is 10.2 Å². The molecule has 2 aromatic carbocycles. The number of anilines is 1. The van der Waals surface area contributed by atoms with Gasteiger partial charge in [0.25, 0.3) is 5.91 Å². The van der Waals surface area contributed by atoms with E-state index in [4.69, 9.17) is 4.74 Å². The molecule has 0 saturated heterocycles. The van der Waals surface area contributed by atoms with Gasteiger partial charge in [-0.15, -0.1) is 0 Å². The summed E-state index contributed by atoms with van der Waals surface area (Å²) in [5.74, 6) is -0.309. The molecule has 1 N–H and O–H groups in total. The predicted molar refractivity (Wildman–Crippen MR) is 128 cm³/mol. The summed E-state index contributed by atoms with van der Waals surface area (Å²) in [5.41, 5.74) is 2.99. The van der Waals surface area contributed by atoms with E-state index >= 15 is 0 Å². The number of carbonyl (C=O) groups excluding carboxylic acids is 3. The molecule has 1 heterocycles. The average Bonchev–Trinajstić information content (AvgIpc) is 2.83. The van der Waals surface area contributed by atoms with Gasteiger partial charge in [0.1, 0.15) is 6.10 Å². The van der Waals surface area contributed by atoms with Crippen LogP contribution in [0.3, 0.4) is 0 Å². The van der Waals surface area contributed by atoms with Gasteiger partial charge in [-0.25, -0.2) is 4.79 Å². The molecular formula is C26H33N3O4. The molecular weight excluding hydrogens is 418 g/mol. The third kappa shape index (κ3) is 5.72. The number of nitrogens with one attached hydrogen (secondary N) is 1. The van der Waals surface area contributed by atoms with Gasteiger partial charge in [-0.3, -0.25) is 9.59 Å². The highest BCUT2D eigenvalue weighted by atomic mass is 16.6. The minimum Gasteiger partial charge on any atom is -0.439 e. The molecule has 0 bridgehead atoms. The van der Waals surface area contributed by atoms with Crippen LogP contribution in [0, 0.1) is 0 Å². The number of hydrogen-bond donors (Lipinski definition) is 1. The molecule has 1 unspecified atom stereocenters. The second-order valence-corrected chi connectivity index (χ2v) is 9.26. The van der Waals surface area contributed by atoms with Gasteiger partial charge in [-0.05, 0) is 36.1 Å². The summed E-state index contributed by atoms with van der Waals surface area (Å²) in [6.45, 7) is 8.97. The fraction of sp³-hybridized carbons (Fsp3) is 0.423. The summed E-state index contributed by atoms with van der Waals surface area (Å²) in [4.78, 5) is 41.8. The van der Waals surface area contributed by atoms with Crippen molar-refractivity contribution in [2.24, 2.45) is 0 Å². The van der Waals surface area contributed by atoms with Crippen LogP contribution in [0.5, 0.6) is 0 Å². The van der Waals surface area contributed by atoms with Crippen LogP contribution in [-0.2, 0) is 14.9 Å². The minimum atomic E-state index is -0.723. The van der Waals surface area contributed by atoms with Crippen LogP contribution in [0.1, 0.15) is 61.7 Å². The molecule has 176 valence electrons. The standard InChI is InChI=1S/C26H33N3O4/c1-6-27-25(32)33-22-17-29(24(31)18-11-13-19(14-12-18)26(2,3)4)16-15-23(30)28(5)21-10-8-7-9-20(21)22/h7-14,22H,6,15-17H2,1-5H3,(H,27,32). The Kier molecular flexibility index (Phi) is 7.41. The monoisotopic (exact) mass is 451 g/mol. The van der Waals surface area contributed by atoms with Crippen molar-refractivity contribution in [3.8, 4) is 0 Å². The second kappa shape index (κ2) is 10.1. The van der Waals surface area contributed by atoms with Crippen LogP contribution in [-0.4, -0.2) is 49.5 Å². The SMILES string of the molecule is CCNC(=O)OC1CN(C(=O)c2ccc(C(C)(C)C)cc2)CCC(=O)N(C)c2ccccc21. The van der Waals surface area contributed by atoms with E-state index in [0.717, 1.165) is 5.56 Å². The molecule has 3 amide bonds. The van der Waals surface area contributed by atoms with Gasteiger partial charge in [0.15, 0.2) is 0 Å². The van der Waals surface area contributed by atoms with Gasteiger partial charge in [0, 0.05) is 37.7 Å². The molecule has 33 heavy (non-hydrogen) atoms. The van der Waals surface area contributed by atoms with E-state index in [0.29, 0.717) is 23.4 Å². The van der Waals surface area contributed by atoms with E-state index in [1.54, 1.807) is 16.8 Å². The van der Waals surface area contributed by atoms with Crippen molar-refractivity contribution in [3.05, 3.63) is 65.2 Å². The summed E-state index contributed by atoms with van der Waals surface area (Å²) in [7, 11) is 1.70. The molecule has 0 saturated carbocycles. The lowest BCUT2D eigenvalue weighted by atomic mass is 9.86. The van der Waals surface area contributed by atoms with Crippen LogP contribution in [0.15, 0.2) is 48.5 Å². The predicted octanol–water partition coefficient (Wildman–Crippen LogP) is 4.28. The number of amides is 3. The molecule has 7 heteroatoms. The summed E-state index contributed by atoms with van der Waals surface area (Å²) < 4.78 is 5.73. The molecule has 0 fully saturated rings. The molecule has 0 aromatic heterocycles. The highest BCUT2D eigenvalue weighted by Crippen LogP contribution is 2.31. The van der Waals surface area contributed by atoms with Crippen LogP contribution >= 0.6 is 0 Å². The van der Waals surface area contributed by atoms with E-state index in [-0.39, 0.29) is 36.7 Å². The maximum Gasteiger partial charge on any atom is 0.407 e. The lowest BCUT2D eigenvalue weighted by Crippen LogP contribution is -2.38. The molecule has 3 rings (SSSR count). The summed E-state index contributed by atoms with van der Waals surface area (Å²) in [6, 6.07) is 14.9. The molecule has 1 aliphatic heterocycles. The Balaban J connectivity index is 1.96. The van der Waals surface area contributed by atoms with Crippen LogP contribution in [0.4, 0.5) is 10.5 Å². The number of fused-ring (bicyclic) bond motifs is 1. The molecule has 7 nitrogen and oxygen atoms in total. The van der Waals surface area contributed by atoms with Crippen LogP contribution in [0.25, 0.3) is 0 Å². The lowest BCUT2D eigenvalue weighted by Gasteiger charge is -2.28. The lowest BCUT2D eigenvalue weighted by molar-refractivity contribution is -0.118. The minimum absolute atomic E-state index is 0.0215. The van der Waals surface area contributed by atoms with E-state index < -0.39 is 12.2 Å². The number of benzene rings is 2. The van der Waals surface area contributed by atoms with E-state index in [1.807, 2.05) is 55.5 Å². The molecule has 2 aromatic rings. The van der Waals surface area contributed by atoms with Gasteiger partial charge < -0.3 is 19.9 Å². The van der Waals surface area contributed by atoms with Crippen LogP contribution in [0.2, 0.25) is 0 Å². The zero-order valence-electron chi connectivity index (χ0n) is 20.1. The topological polar surface area (TPSA) is 79.0 Å². The molecule has 1 atom stereocenters. The highest BCUT2D eigenvalue weighted by Gasteiger charge is 2.30. The van der Waals surface area contributed by atoms with Gasteiger partial charge in [-0.2, -0.15) is 0 Å². The number of nitrogens with zero attached hydrogens (tertiary/aromatic N) is 2. The Labute approximate surface area is 195 Å². The Morgan fingerprint density at radius 1 is 1.09 bits per heavy atom. The number of alkyl carbamates (subject to hydrolysis) is 1. The maximum absolute atomic E-state index is 13.4. The maximum atomic E-state index is 13.4. The second-order valence-electron chi connectivity index (χ2n) is 9.26. The quantitative estimate of drug-likeness (QED) is 0.756. The van der Waals surface area contributed by atoms with Crippen molar-refractivity contribution in [3.63, 3.8) is 0 Å². The first-order chi connectivity index (χ1) is 15.6. The van der Waals surface area contributed by atoms with E-state index in [9.17, 15) is 14.4 Å².